The zero-order valence-corrected chi connectivity index (χ0v) is 12.8. The molecule has 0 aliphatic carbocycles. The molecule has 1 aliphatic rings. The van der Waals surface area contributed by atoms with Crippen molar-refractivity contribution in [3.8, 4) is 5.75 Å². The molecule has 20 heavy (non-hydrogen) atoms. The summed E-state index contributed by atoms with van der Waals surface area (Å²) in [7, 11) is 3.82. The normalized spacial score (nSPS) is 19.2. The highest BCUT2D eigenvalue weighted by molar-refractivity contribution is 5.78. The van der Waals surface area contributed by atoms with Crippen LogP contribution in [0, 0.1) is 13.8 Å². The summed E-state index contributed by atoms with van der Waals surface area (Å²) >= 11 is 0. The number of amides is 1. The van der Waals surface area contributed by atoms with Crippen molar-refractivity contribution in [2.45, 2.75) is 32.7 Å². The minimum atomic E-state index is 0.0487. The maximum atomic E-state index is 12.2. The van der Waals surface area contributed by atoms with Crippen molar-refractivity contribution in [3.63, 3.8) is 0 Å². The molecule has 6 nitrogen and oxygen atoms in total. The lowest BCUT2D eigenvalue weighted by Gasteiger charge is -2.32. The van der Waals surface area contributed by atoms with Crippen LogP contribution in [-0.2, 0) is 11.8 Å². The van der Waals surface area contributed by atoms with E-state index in [1.807, 2.05) is 32.8 Å². The number of carbonyl (C=O) groups excluding carboxylic acids is 1. The van der Waals surface area contributed by atoms with Gasteiger partial charge < -0.3 is 15.0 Å². The first kappa shape index (κ1) is 14.8. The Balaban J connectivity index is 1.91. The molecule has 1 unspecified atom stereocenters. The van der Waals surface area contributed by atoms with E-state index in [0.29, 0.717) is 6.04 Å². The Hall–Kier alpha value is -1.56. The average Bonchev–Trinajstić information content (AvgIpc) is 2.70. The maximum Gasteiger partial charge on any atom is 0.260 e. The molecule has 0 radical (unpaired) electrons. The summed E-state index contributed by atoms with van der Waals surface area (Å²) in [5.41, 5.74) is 1.77. The van der Waals surface area contributed by atoms with Crippen molar-refractivity contribution in [1.29, 1.82) is 0 Å². The number of hydrogen-bond acceptors (Lipinski definition) is 4. The van der Waals surface area contributed by atoms with Crippen molar-refractivity contribution in [3.05, 3.63) is 11.4 Å². The molecule has 2 heterocycles. The Morgan fingerprint density at radius 3 is 2.85 bits per heavy atom. The highest BCUT2D eigenvalue weighted by Crippen LogP contribution is 2.21. The number of nitrogens with one attached hydrogen (secondary N) is 1. The van der Waals surface area contributed by atoms with Crippen molar-refractivity contribution in [2.24, 2.45) is 7.05 Å². The zero-order chi connectivity index (χ0) is 14.7. The third-order valence-corrected chi connectivity index (χ3v) is 3.96. The van der Waals surface area contributed by atoms with E-state index in [0.717, 1.165) is 43.1 Å². The van der Waals surface area contributed by atoms with Crippen LogP contribution in [0.4, 0.5) is 0 Å². The van der Waals surface area contributed by atoms with Gasteiger partial charge in [-0.2, -0.15) is 5.10 Å². The largest absolute Gasteiger partial charge is 0.480 e. The summed E-state index contributed by atoms with van der Waals surface area (Å²) in [5, 5.41) is 7.52. The van der Waals surface area contributed by atoms with E-state index in [-0.39, 0.29) is 12.5 Å². The standard InChI is InChI=1S/C14H24N4O2/c1-10-14(11(2)17(4)16-10)20-9-13(19)18-7-5-6-12(8-18)15-3/h12,15H,5-9H2,1-4H3. The smallest absolute Gasteiger partial charge is 0.260 e. The van der Waals surface area contributed by atoms with Gasteiger partial charge in [0.25, 0.3) is 5.91 Å². The molecule has 0 saturated carbocycles. The minimum absolute atomic E-state index is 0.0487. The molecule has 1 atom stereocenters. The SMILES string of the molecule is CNC1CCCN(C(=O)COc2c(C)nn(C)c2C)C1. The van der Waals surface area contributed by atoms with Gasteiger partial charge in [-0.25, -0.2) is 0 Å². The van der Waals surface area contributed by atoms with Crippen molar-refractivity contribution in [2.75, 3.05) is 26.7 Å². The van der Waals surface area contributed by atoms with E-state index in [1.165, 1.54) is 0 Å². The summed E-state index contributed by atoms with van der Waals surface area (Å²) < 4.78 is 7.45. The summed E-state index contributed by atoms with van der Waals surface area (Å²) in [6.07, 6.45) is 2.17. The molecule has 2 rings (SSSR count). The van der Waals surface area contributed by atoms with Crippen LogP contribution >= 0.6 is 0 Å². The summed E-state index contributed by atoms with van der Waals surface area (Å²) in [4.78, 5) is 14.1. The maximum absolute atomic E-state index is 12.2. The lowest BCUT2D eigenvalue weighted by atomic mass is 10.1. The second-order valence-corrected chi connectivity index (χ2v) is 5.38. The molecule has 0 bridgehead atoms. The van der Waals surface area contributed by atoms with Crippen molar-refractivity contribution < 1.29 is 9.53 Å². The number of carbonyl (C=O) groups is 1. The van der Waals surface area contributed by atoms with Crippen molar-refractivity contribution >= 4 is 5.91 Å². The number of aromatic nitrogens is 2. The van der Waals surface area contributed by atoms with Gasteiger partial charge in [0.05, 0.1) is 5.69 Å². The molecule has 1 aromatic heterocycles. The molecule has 1 N–H and O–H groups in total. The molecule has 1 saturated heterocycles. The average molecular weight is 280 g/mol. The number of nitrogens with zero attached hydrogens (tertiary/aromatic N) is 3. The number of ether oxygens (including phenoxy) is 1. The van der Waals surface area contributed by atoms with Gasteiger partial charge in [0, 0.05) is 26.2 Å². The van der Waals surface area contributed by atoms with Crippen LogP contribution in [-0.4, -0.2) is 53.4 Å². The van der Waals surface area contributed by atoms with E-state index in [9.17, 15) is 4.79 Å². The highest BCUT2D eigenvalue weighted by atomic mass is 16.5. The van der Waals surface area contributed by atoms with Gasteiger partial charge in [0.2, 0.25) is 0 Å². The first-order chi connectivity index (χ1) is 9.52. The Kier molecular flexibility index (Phi) is 4.65. The number of aryl methyl sites for hydroxylation is 2. The molecule has 0 spiro atoms. The second-order valence-electron chi connectivity index (χ2n) is 5.38. The van der Waals surface area contributed by atoms with Crippen LogP contribution < -0.4 is 10.1 Å². The third kappa shape index (κ3) is 3.12. The van der Waals surface area contributed by atoms with Crippen molar-refractivity contribution in [1.82, 2.24) is 20.0 Å². The molecule has 0 aromatic carbocycles. The van der Waals surface area contributed by atoms with Crippen LogP contribution in [0.25, 0.3) is 0 Å². The second kappa shape index (κ2) is 6.26. The third-order valence-electron chi connectivity index (χ3n) is 3.96. The van der Waals surface area contributed by atoms with E-state index in [2.05, 4.69) is 10.4 Å². The molecule has 6 heteroatoms. The van der Waals surface area contributed by atoms with Gasteiger partial charge in [-0.05, 0) is 33.7 Å². The topological polar surface area (TPSA) is 59.4 Å². The van der Waals surface area contributed by atoms with Crippen LogP contribution in [0.3, 0.4) is 0 Å². The molecular weight excluding hydrogens is 256 g/mol. The highest BCUT2D eigenvalue weighted by Gasteiger charge is 2.23. The monoisotopic (exact) mass is 280 g/mol. The minimum Gasteiger partial charge on any atom is -0.480 e. The molecule has 112 valence electrons. The predicted molar refractivity (Wildman–Crippen MR) is 76.8 cm³/mol. The summed E-state index contributed by atoms with van der Waals surface area (Å²) in [6, 6.07) is 0.398. The zero-order valence-electron chi connectivity index (χ0n) is 12.8. The number of likely N-dealkylation sites (tertiary alicyclic amines) is 1. The van der Waals surface area contributed by atoms with E-state index in [1.54, 1.807) is 4.68 Å². The van der Waals surface area contributed by atoms with Crippen LogP contribution in [0.1, 0.15) is 24.2 Å². The van der Waals surface area contributed by atoms with E-state index in [4.69, 9.17) is 4.74 Å². The summed E-state index contributed by atoms with van der Waals surface area (Å²) in [5.74, 6) is 0.774. The molecule has 1 amide bonds. The van der Waals surface area contributed by atoms with E-state index < -0.39 is 0 Å². The Bertz CT molecular complexity index is 484. The van der Waals surface area contributed by atoms with Gasteiger partial charge in [-0.1, -0.05) is 0 Å². The number of rotatable bonds is 4. The lowest BCUT2D eigenvalue weighted by molar-refractivity contribution is -0.134. The first-order valence-corrected chi connectivity index (χ1v) is 7.11. The Labute approximate surface area is 120 Å². The van der Waals surface area contributed by atoms with Crippen LogP contribution in [0.2, 0.25) is 0 Å². The van der Waals surface area contributed by atoms with E-state index >= 15 is 0 Å². The van der Waals surface area contributed by atoms with Gasteiger partial charge in [-0.15, -0.1) is 0 Å². The van der Waals surface area contributed by atoms with Gasteiger partial charge in [0.15, 0.2) is 12.4 Å². The number of hydrogen-bond donors (Lipinski definition) is 1. The van der Waals surface area contributed by atoms with Gasteiger partial charge in [-0.3, -0.25) is 9.48 Å². The molecule has 1 fully saturated rings. The predicted octanol–water partition coefficient (Wildman–Crippen LogP) is 0.626. The molecule has 1 aliphatic heterocycles. The number of likely N-dealkylation sites (N-methyl/N-ethyl adjacent to an activating group) is 1. The van der Waals surface area contributed by atoms with Gasteiger partial charge >= 0.3 is 0 Å². The molecule has 1 aromatic rings. The molecular formula is C14H24N4O2. The van der Waals surface area contributed by atoms with Gasteiger partial charge in [0.1, 0.15) is 5.69 Å². The lowest BCUT2D eigenvalue weighted by Crippen LogP contribution is -2.48. The quantitative estimate of drug-likeness (QED) is 0.878. The fraction of sp³-hybridized carbons (Fsp3) is 0.714. The Morgan fingerprint density at radius 2 is 2.25 bits per heavy atom. The fourth-order valence-corrected chi connectivity index (χ4v) is 2.63. The Morgan fingerprint density at radius 1 is 1.50 bits per heavy atom. The van der Waals surface area contributed by atoms with Crippen LogP contribution in [0.5, 0.6) is 5.75 Å². The fourth-order valence-electron chi connectivity index (χ4n) is 2.63. The number of piperidine rings is 1. The summed E-state index contributed by atoms with van der Waals surface area (Å²) in [6.45, 7) is 5.52. The first-order valence-electron chi connectivity index (χ1n) is 7.11. The van der Waals surface area contributed by atoms with Crippen LogP contribution in [0.15, 0.2) is 0 Å².